The van der Waals surface area contributed by atoms with Crippen molar-refractivity contribution in [2.45, 2.75) is 84.8 Å². The Hall–Kier alpha value is -1.98. The third-order valence-corrected chi connectivity index (χ3v) is 8.65. The molecule has 0 radical (unpaired) electrons. The zero-order valence-corrected chi connectivity index (χ0v) is 22.9. The second-order valence-corrected chi connectivity index (χ2v) is 10.4. The van der Waals surface area contributed by atoms with Crippen molar-refractivity contribution in [3.8, 4) is 0 Å². The van der Waals surface area contributed by atoms with Crippen molar-refractivity contribution in [3.05, 3.63) is 53.5 Å². The molecule has 3 aliphatic rings. The molecule has 5 nitrogen and oxygen atoms in total. The summed E-state index contributed by atoms with van der Waals surface area (Å²) in [6, 6.07) is 9.75. The van der Waals surface area contributed by atoms with Gasteiger partial charge in [-0.25, -0.2) is 0 Å². The lowest BCUT2D eigenvalue weighted by atomic mass is 9.74. The van der Waals surface area contributed by atoms with Gasteiger partial charge < -0.3 is 20.4 Å². The SMILES string of the molecule is C=C(C)N1CC2(CCN(C3CCN(C(C)N(C)/C(C)=C(/C)N)CC3)CC2)c2ccccc21.CC. The highest BCUT2D eigenvalue weighted by atomic mass is 15.4. The van der Waals surface area contributed by atoms with E-state index in [4.69, 9.17) is 5.73 Å². The Kier molecular flexibility index (Phi) is 8.75. The minimum Gasteiger partial charge on any atom is -0.401 e. The summed E-state index contributed by atoms with van der Waals surface area (Å²) in [5.41, 5.74) is 12.5. The third kappa shape index (κ3) is 5.16. The van der Waals surface area contributed by atoms with Crippen molar-refractivity contribution < 1.29 is 0 Å². The molecule has 0 bridgehead atoms. The van der Waals surface area contributed by atoms with E-state index in [2.05, 4.69) is 78.3 Å². The largest absolute Gasteiger partial charge is 0.401 e. The number of hydrogen-bond donors (Lipinski definition) is 1. The number of nitrogens with two attached hydrogens (primary N) is 1. The molecule has 2 N–H and O–H groups in total. The molecular weight excluding hydrogens is 418 g/mol. The molecule has 1 atom stereocenters. The smallest absolute Gasteiger partial charge is 0.0786 e. The van der Waals surface area contributed by atoms with Crippen LogP contribution in [0, 0.1) is 0 Å². The molecule has 0 aromatic heterocycles. The Morgan fingerprint density at radius 1 is 1.06 bits per heavy atom. The second kappa shape index (κ2) is 11.2. The first-order valence-electron chi connectivity index (χ1n) is 13.4. The van der Waals surface area contributed by atoms with Crippen LogP contribution in [0.25, 0.3) is 0 Å². The molecule has 1 aromatic carbocycles. The first kappa shape index (κ1) is 26.6. The predicted octanol–water partition coefficient (Wildman–Crippen LogP) is 5.35. The molecule has 4 rings (SSSR count). The van der Waals surface area contributed by atoms with Crippen molar-refractivity contribution in [1.29, 1.82) is 0 Å². The highest BCUT2D eigenvalue weighted by Gasteiger charge is 2.45. The molecule has 34 heavy (non-hydrogen) atoms. The van der Waals surface area contributed by atoms with Crippen molar-refractivity contribution in [1.82, 2.24) is 14.7 Å². The Labute approximate surface area is 209 Å². The Morgan fingerprint density at radius 3 is 2.21 bits per heavy atom. The fourth-order valence-corrected chi connectivity index (χ4v) is 6.14. The zero-order valence-electron chi connectivity index (χ0n) is 22.9. The molecule has 1 aromatic rings. The number of rotatable bonds is 5. The van der Waals surface area contributed by atoms with E-state index in [0.29, 0.717) is 11.6 Å². The summed E-state index contributed by atoms with van der Waals surface area (Å²) in [6.07, 6.45) is 5.44. The van der Waals surface area contributed by atoms with Gasteiger partial charge in [-0.1, -0.05) is 38.6 Å². The fraction of sp³-hybridized carbons (Fsp3) is 0.655. The van der Waals surface area contributed by atoms with Crippen molar-refractivity contribution >= 4 is 5.69 Å². The number of fused-ring (bicyclic) bond motifs is 2. The van der Waals surface area contributed by atoms with Gasteiger partial charge in [0.25, 0.3) is 0 Å². The fourth-order valence-electron chi connectivity index (χ4n) is 6.14. The van der Waals surface area contributed by atoms with E-state index < -0.39 is 0 Å². The zero-order chi connectivity index (χ0) is 25.0. The van der Waals surface area contributed by atoms with Crippen molar-refractivity contribution in [3.63, 3.8) is 0 Å². The summed E-state index contributed by atoms with van der Waals surface area (Å²) < 4.78 is 0. The molecule has 3 aliphatic heterocycles. The number of nitrogens with zero attached hydrogens (tertiary/aromatic N) is 4. The first-order chi connectivity index (χ1) is 16.2. The summed E-state index contributed by atoms with van der Waals surface area (Å²) in [5.74, 6) is 0. The first-order valence-corrected chi connectivity index (χ1v) is 13.4. The van der Waals surface area contributed by atoms with Gasteiger partial charge in [-0.2, -0.15) is 0 Å². The van der Waals surface area contributed by atoms with E-state index in [-0.39, 0.29) is 0 Å². The number of hydrogen-bond acceptors (Lipinski definition) is 5. The van der Waals surface area contributed by atoms with Crippen LogP contribution in [0.2, 0.25) is 0 Å². The quantitative estimate of drug-likeness (QED) is 0.632. The van der Waals surface area contributed by atoms with Crippen LogP contribution < -0.4 is 10.6 Å². The van der Waals surface area contributed by atoms with Gasteiger partial charge in [0.05, 0.1) is 6.17 Å². The van der Waals surface area contributed by atoms with Crippen LogP contribution in [0.15, 0.2) is 47.9 Å². The minimum absolute atomic E-state index is 0.300. The predicted molar refractivity (Wildman–Crippen MR) is 147 cm³/mol. The lowest BCUT2D eigenvalue weighted by Gasteiger charge is -2.47. The van der Waals surface area contributed by atoms with Gasteiger partial charge in [-0.3, -0.25) is 4.90 Å². The summed E-state index contributed by atoms with van der Waals surface area (Å²) in [7, 11) is 2.17. The van der Waals surface area contributed by atoms with E-state index in [0.717, 1.165) is 24.0 Å². The summed E-state index contributed by atoms with van der Waals surface area (Å²) in [4.78, 5) is 10.2. The average molecular weight is 468 g/mol. The standard InChI is InChI=1S/C27H43N5.C2H6/c1-20(2)32-19-27(25-9-7-8-10-26(25)32)13-17-31(18-14-27)24-11-15-30(16-12-24)23(5)29(6)22(4)21(3)28;1-2/h7-10,23-24H,1,11-19,28H2,2-6H3;1-2H3/b22-21-;. The van der Waals surface area contributed by atoms with Gasteiger partial charge in [-0.15, -0.1) is 0 Å². The molecule has 0 aliphatic carbocycles. The highest BCUT2D eigenvalue weighted by Crippen LogP contribution is 2.48. The average Bonchev–Trinajstić information content (AvgIpc) is 3.19. The van der Waals surface area contributed by atoms with Gasteiger partial charge in [-0.05, 0) is 78.1 Å². The van der Waals surface area contributed by atoms with Crippen LogP contribution in [0.4, 0.5) is 5.69 Å². The van der Waals surface area contributed by atoms with Gasteiger partial charge in [0.2, 0.25) is 0 Å². The molecular formula is C29H49N5. The number of benzene rings is 1. The van der Waals surface area contributed by atoms with Crippen LogP contribution in [-0.4, -0.2) is 66.7 Å². The van der Waals surface area contributed by atoms with Crippen LogP contribution in [0.3, 0.4) is 0 Å². The maximum absolute atomic E-state index is 6.03. The van der Waals surface area contributed by atoms with Crippen molar-refractivity contribution in [2.24, 2.45) is 5.73 Å². The number of anilines is 1. The molecule has 2 saturated heterocycles. The normalized spacial score (nSPS) is 22.5. The van der Waals surface area contributed by atoms with Gasteiger partial charge in [0.15, 0.2) is 0 Å². The summed E-state index contributed by atoms with van der Waals surface area (Å²) in [5, 5.41) is 0. The molecule has 1 unspecified atom stereocenters. The molecule has 0 amide bonds. The van der Waals surface area contributed by atoms with E-state index >= 15 is 0 Å². The highest BCUT2D eigenvalue weighted by molar-refractivity contribution is 5.66. The van der Waals surface area contributed by atoms with Crippen LogP contribution in [0.1, 0.15) is 72.8 Å². The maximum Gasteiger partial charge on any atom is 0.0786 e. The van der Waals surface area contributed by atoms with E-state index in [1.54, 1.807) is 5.56 Å². The van der Waals surface area contributed by atoms with Crippen molar-refractivity contribution in [2.75, 3.05) is 44.7 Å². The lowest BCUT2D eigenvalue weighted by molar-refractivity contribution is 0.0283. The monoisotopic (exact) mass is 467 g/mol. The Bertz CT molecular complexity index is 855. The van der Waals surface area contributed by atoms with Gasteiger partial charge in [0, 0.05) is 60.9 Å². The Balaban J connectivity index is 0.00000158. The van der Waals surface area contributed by atoms with Crippen LogP contribution in [-0.2, 0) is 5.41 Å². The topological polar surface area (TPSA) is 39.0 Å². The maximum atomic E-state index is 6.03. The molecule has 2 fully saturated rings. The van der Waals surface area contributed by atoms with E-state index in [1.807, 2.05) is 20.8 Å². The molecule has 3 heterocycles. The van der Waals surface area contributed by atoms with Crippen LogP contribution >= 0.6 is 0 Å². The Morgan fingerprint density at radius 2 is 1.65 bits per heavy atom. The van der Waals surface area contributed by atoms with E-state index in [1.165, 1.54) is 63.2 Å². The summed E-state index contributed by atoms with van der Waals surface area (Å²) >= 11 is 0. The molecule has 0 saturated carbocycles. The number of likely N-dealkylation sites (tertiary alicyclic amines) is 2. The number of allylic oxidation sites excluding steroid dienone is 3. The van der Waals surface area contributed by atoms with Gasteiger partial charge >= 0.3 is 0 Å². The van der Waals surface area contributed by atoms with Crippen LogP contribution in [0.5, 0.6) is 0 Å². The minimum atomic E-state index is 0.300. The third-order valence-electron chi connectivity index (χ3n) is 8.65. The van der Waals surface area contributed by atoms with Gasteiger partial charge in [0.1, 0.15) is 0 Å². The molecule has 1 spiro atoms. The second-order valence-electron chi connectivity index (χ2n) is 10.4. The number of piperidine rings is 2. The van der Waals surface area contributed by atoms with E-state index in [9.17, 15) is 0 Å². The molecule has 5 heteroatoms. The lowest BCUT2D eigenvalue weighted by Crippen LogP contribution is -2.54. The summed E-state index contributed by atoms with van der Waals surface area (Å²) in [6.45, 7) is 22.7. The number of para-hydroxylation sites is 1. The molecule has 190 valence electrons.